The summed E-state index contributed by atoms with van der Waals surface area (Å²) >= 11 is 6.09. The van der Waals surface area contributed by atoms with Crippen LogP contribution in [0.15, 0.2) is 72.8 Å². The number of benzene rings is 3. The molecule has 8 heteroatoms. The van der Waals surface area contributed by atoms with E-state index in [1.165, 1.54) is 0 Å². The SMILES string of the molecule is COCCCNC(=O)C(c1ccccc1)N(Cc1ccc(Cl)cc1)C(=O)Cc1ccc(OC)c(OC)c1. The number of hydrogen-bond donors (Lipinski definition) is 1. The Kier molecular flexibility index (Phi) is 10.8. The van der Waals surface area contributed by atoms with Crippen LogP contribution in [-0.4, -0.2) is 51.2 Å². The minimum absolute atomic E-state index is 0.0776. The first-order chi connectivity index (χ1) is 18.0. The number of carbonyl (C=O) groups is 2. The van der Waals surface area contributed by atoms with Crippen molar-refractivity contribution in [2.75, 3.05) is 34.5 Å². The number of amides is 2. The second-order valence-corrected chi connectivity index (χ2v) is 8.90. The summed E-state index contributed by atoms with van der Waals surface area (Å²) in [6.07, 6.45) is 0.745. The first kappa shape index (κ1) is 28.0. The summed E-state index contributed by atoms with van der Waals surface area (Å²) in [5.74, 6) is 0.654. The van der Waals surface area contributed by atoms with E-state index in [4.69, 9.17) is 25.8 Å². The Morgan fingerprint density at radius 3 is 2.22 bits per heavy atom. The van der Waals surface area contributed by atoms with Gasteiger partial charge in [-0.3, -0.25) is 9.59 Å². The minimum atomic E-state index is -0.827. The summed E-state index contributed by atoms with van der Waals surface area (Å²) in [5.41, 5.74) is 2.33. The number of carbonyl (C=O) groups excluding carboxylic acids is 2. The van der Waals surface area contributed by atoms with Crippen molar-refractivity contribution >= 4 is 23.4 Å². The van der Waals surface area contributed by atoms with Crippen molar-refractivity contribution in [3.8, 4) is 11.5 Å². The van der Waals surface area contributed by atoms with Gasteiger partial charge in [-0.1, -0.05) is 60.1 Å². The zero-order chi connectivity index (χ0) is 26.6. The maximum absolute atomic E-state index is 13.9. The second-order valence-electron chi connectivity index (χ2n) is 8.46. The smallest absolute Gasteiger partial charge is 0.247 e. The van der Waals surface area contributed by atoms with Gasteiger partial charge >= 0.3 is 0 Å². The highest BCUT2D eigenvalue weighted by Crippen LogP contribution is 2.29. The molecule has 3 rings (SSSR count). The van der Waals surface area contributed by atoms with Crippen LogP contribution < -0.4 is 14.8 Å². The van der Waals surface area contributed by atoms with Gasteiger partial charge in [-0.05, 0) is 47.4 Å². The van der Waals surface area contributed by atoms with Crippen molar-refractivity contribution in [1.29, 1.82) is 0 Å². The van der Waals surface area contributed by atoms with E-state index in [0.29, 0.717) is 36.1 Å². The van der Waals surface area contributed by atoms with Gasteiger partial charge in [-0.25, -0.2) is 0 Å². The minimum Gasteiger partial charge on any atom is -0.493 e. The van der Waals surface area contributed by atoms with Crippen LogP contribution in [0.3, 0.4) is 0 Å². The van der Waals surface area contributed by atoms with E-state index in [0.717, 1.165) is 16.7 Å². The van der Waals surface area contributed by atoms with Gasteiger partial charge in [0.1, 0.15) is 6.04 Å². The molecule has 7 nitrogen and oxygen atoms in total. The van der Waals surface area contributed by atoms with Crippen molar-refractivity contribution in [1.82, 2.24) is 10.2 Å². The van der Waals surface area contributed by atoms with Crippen molar-refractivity contribution < 1.29 is 23.8 Å². The zero-order valence-electron chi connectivity index (χ0n) is 21.4. The third-order valence-electron chi connectivity index (χ3n) is 5.89. The summed E-state index contributed by atoms with van der Waals surface area (Å²) < 4.78 is 15.8. The molecule has 0 fully saturated rings. The lowest BCUT2D eigenvalue weighted by molar-refractivity contribution is -0.141. The Morgan fingerprint density at radius 1 is 0.892 bits per heavy atom. The first-order valence-electron chi connectivity index (χ1n) is 12.0. The van der Waals surface area contributed by atoms with Gasteiger partial charge in [0.2, 0.25) is 11.8 Å². The van der Waals surface area contributed by atoms with Crippen molar-refractivity contribution in [2.45, 2.75) is 25.4 Å². The summed E-state index contributed by atoms with van der Waals surface area (Å²) in [5, 5.41) is 3.57. The molecule has 0 heterocycles. The van der Waals surface area contributed by atoms with Crippen LogP contribution in [0.4, 0.5) is 0 Å². The fourth-order valence-electron chi connectivity index (χ4n) is 4.01. The molecule has 1 N–H and O–H groups in total. The number of nitrogens with one attached hydrogen (secondary N) is 1. The predicted molar refractivity (Wildman–Crippen MR) is 144 cm³/mol. The number of hydrogen-bond acceptors (Lipinski definition) is 5. The van der Waals surface area contributed by atoms with E-state index >= 15 is 0 Å². The lowest BCUT2D eigenvalue weighted by atomic mass is 10.0. The topological polar surface area (TPSA) is 77.1 Å². The Balaban J connectivity index is 1.96. The number of nitrogens with zero attached hydrogens (tertiary/aromatic N) is 1. The van der Waals surface area contributed by atoms with E-state index in [1.54, 1.807) is 50.5 Å². The lowest BCUT2D eigenvalue weighted by Gasteiger charge is -2.32. The van der Waals surface area contributed by atoms with Gasteiger partial charge in [-0.15, -0.1) is 0 Å². The Bertz CT molecular complexity index is 1150. The lowest BCUT2D eigenvalue weighted by Crippen LogP contribution is -2.44. The van der Waals surface area contributed by atoms with Gasteiger partial charge in [-0.2, -0.15) is 0 Å². The average Bonchev–Trinajstić information content (AvgIpc) is 2.92. The Hall–Kier alpha value is -3.55. The molecular weight excluding hydrogens is 492 g/mol. The van der Waals surface area contributed by atoms with Crippen LogP contribution in [0.25, 0.3) is 0 Å². The number of ether oxygens (including phenoxy) is 3. The molecule has 37 heavy (non-hydrogen) atoms. The highest BCUT2D eigenvalue weighted by molar-refractivity contribution is 6.30. The highest BCUT2D eigenvalue weighted by atomic mass is 35.5. The summed E-state index contributed by atoms with van der Waals surface area (Å²) in [6.45, 7) is 1.20. The second kappa shape index (κ2) is 14.3. The molecule has 0 aliphatic carbocycles. The van der Waals surface area contributed by atoms with Crippen LogP contribution in [0.5, 0.6) is 11.5 Å². The normalized spacial score (nSPS) is 11.5. The largest absolute Gasteiger partial charge is 0.493 e. The molecule has 0 aliphatic heterocycles. The number of methoxy groups -OCH3 is 3. The molecule has 0 radical (unpaired) electrons. The van der Waals surface area contributed by atoms with Crippen LogP contribution in [0, 0.1) is 0 Å². The third kappa shape index (κ3) is 7.97. The predicted octanol–water partition coefficient (Wildman–Crippen LogP) is 4.82. The summed E-state index contributed by atoms with van der Waals surface area (Å²) in [6, 6.07) is 21.1. The Morgan fingerprint density at radius 2 is 1.57 bits per heavy atom. The molecule has 1 unspecified atom stereocenters. The molecule has 2 amide bonds. The molecule has 0 aromatic heterocycles. The summed E-state index contributed by atoms with van der Waals surface area (Å²) in [7, 11) is 4.73. The standard InChI is InChI=1S/C29H33ClN2O5/c1-35-17-7-16-31-29(34)28(23-8-5-4-6-9-23)32(20-21-10-13-24(30)14-11-21)27(33)19-22-12-15-25(36-2)26(18-22)37-3/h4-6,8-15,18,28H,7,16-17,19-20H2,1-3H3,(H,31,34). The molecule has 0 aliphatic rings. The van der Waals surface area contributed by atoms with Crippen molar-refractivity contribution in [3.05, 3.63) is 94.5 Å². The van der Waals surface area contributed by atoms with E-state index in [2.05, 4.69) is 5.32 Å². The maximum atomic E-state index is 13.9. The fourth-order valence-corrected chi connectivity index (χ4v) is 4.14. The first-order valence-corrected chi connectivity index (χ1v) is 12.4. The van der Waals surface area contributed by atoms with Crippen molar-refractivity contribution in [2.24, 2.45) is 0 Å². The van der Waals surface area contributed by atoms with E-state index in [9.17, 15) is 9.59 Å². The van der Waals surface area contributed by atoms with Gasteiger partial charge in [0, 0.05) is 31.8 Å². The van der Waals surface area contributed by atoms with Crippen LogP contribution >= 0.6 is 11.6 Å². The number of rotatable bonds is 13. The van der Waals surface area contributed by atoms with E-state index in [-0.39, 0.29) is 24.8 Å². The zero-order valence-corrected chi connectivity index (χ0v) is 22.2. The van der Waals surface area contributed by atoms with Gasteiger partial charge in [0.25, 0.3) is 0 Å². The van der Waals surface area contributed by atoms with Gasteiger partial charge in [0.15, 0.2) is 11.5 Å². The summed E-state index contributed by atoms with van der Waals surface area (Å²) in [4.78, 5) is 29.0. The molecule has 0 spiro atoms. The van der Waals surface area contributed by atoms with Crippen LogP contribution in [0.2, 0.25) is 5.02 Å². The fraction of sp³-hybridized carbons (Fsp3) is 0.310. The molecule has 196 valence electrons. The van der Waals surface area contributed by atoms with Gasteiger partial charge in [0.05, 0.1) is 20.6 Å². The molecule has 0 bridgehead atoms. The average molecular weight is 525 g/mol. The molecular formula is C29H33ClN2O5. The van der Waals surface area contributed by atoms with E-state index in [1.807, 2.05) is 48.5 Å². The maximum Gasteiger partial charge on any atom is 0.247 e. The molecule has 1 atom stereocenters. The van der Waals surface area contributed by atoms with Crippen LogP contribution in [0.1, 0.15) is 29.2 Å². The monoisotopic (exact) mass is 524 g/mol. The molecule has 3 aromatic carbocycles. The molecule has 3 aromatic rings. The molecule has 0 saturated carbocycles. The molecule has 0 saturated heterocycles. The quantitative estimate of drug-likeness (QED) is 0.324. The number of halogens is 1. The van der Waals surface area contributed by atoms with E-state index < -0.39 is 6.04 Å². The van der Waals surface area contributed by atoms with Crippen LogP contribution in [-0.2, 0) is 27.3 Å². The Labute approximate surface area is 223 Å². The third-order valence-corrected chi connectivity index (χ3v) is 6.14. The van der Waals surface area contributed by atoms with Gasteiger partial charge < -0.3 is 24.4 Å². The van der Waals surface area contributed by atoms with Crippen molar-refractivity contribution in [3.63, 3.8) is 0 Å². The highest BCUT2D eigenvalue weighted by Gasteiger charge is 2.31.